The molecule has 0 radical (unpaired) electrons. The van der Waals surface area contributed by atoms with Gasteiger partial charge in [-0.3, -0.25) is 9.79 Å². The van der Waals surface area contributed by atoms with Crippen LogP contribution in [-0.2, 0) is 6.54 Å². The van der Waals surface area contributed by atoms with Gasteiger partial charge >= 0.3 is 0 Å². The number of hydrogen-bond donors (Lipinski definition) is 1. The first-order valence-corrected chi connectivity index (χ1v) is 7.49. The van der Waals surface area contributed by atoms with Gasteiger partial charge in [0.15, 0.2) is 0 Å². The summed E-state index contributed by atoms with van der Waals surface area (Å²) in [6, 6.07) is 9.40. The summed E-state index contributed by atoms with van der Waals surface area (Å²) in [5.41, 5.74) is 2.75. The molecule has 0 unspecified atom stereocenters. The maximum atomic E-state index is 12.6. The summed E-state index contributed by atoms with van der Waals surface area (Å²) >= 11 is 1.33. The van der Waals surface area contributed by atoms with Crippen LogP contribution < -0.4 is 5.32 Å². The standard InChI is InChI=1S/C16H16N4OS/c1-18-13-10-22-15(14(13)19-2)16(21)20(3)9-12-7-5-4-6-11(12)8-17/h4-7,10,18H,2,9H2,1,3H3. The van der Waals surface area contributed by atoms with Gasteiger partial charge in [0.1, 0.15) is 10.6 Å². The molecule has 0 atom stereocenters. The quantitative estimate of drug-likeness (QED) is 0.862. The van der Waals surface area contributed by atoms with Crippen LogP contribution in [0.25, 0.3) is 0 Å². The molecule has 1 heterocycles. The van der Waals surface area contributed by atoms with Crippen LogP contribution in [0.5, 0.6) is 0 Å². The van der Waals surface area contributed by atoms with Crippen molar-refractivity contribution in [1.29, 1.82) is 5.26 Å². The first kappa shape index (κ1) is 15.7. The maximum absolute atomic E-state index is 12.6. The van der Waals surface area contributed by atoms with E-state index >= 15 is 0 Å². The molecule has 112 valence electrons. The molecule has 0 aliphatic carbocycles. The molecule has 2 rings (SSSR count). The average Bonchev–Trinajstić information content (AvgIpc) is 2.97. The average molecular weight is 312 g/mol. The van der Waals surface area contributed by atoms with Crippen molar-refractivity contribution in [2.75, 3.05) is 19.4 Å². The fourth-order valence-electron chi connectivity index (χ4n) is 2.11. The first-order valence-electron chi connectivity index (χ1n) is 6.61. The zero-order valence-electron chi connectivity index (χ0n) is 12.5. The van der Waals surface area contributed by atoms with E-state index in [0.717, 1.165) is 11.3 Å². The van der Waals surface area contributed by atoms with Crippen LogP contribution in [0.3, 0.4) is 0 Å². The molecule has 1 aromatic heterocycles. The number of nitriles is 1. The zero-order valence-corrected chi connectivity index (χ0v) is 13.3. The Kier molecular flexibility index (Phi) is 4.92. The Morgan fingerprint density at radius 3 is 2.86 bits per heavy atom. The molecule has 1 amide bonds. The summed E-state index contributed by atoms with van der Waals surface area (Å²) in [6.07, 6.45) is 0. The normalized spacial score (nSPS) is 9.86. The van der Waals surface area contributed by atoms with E-state index in [1.807, 2.05) is 23.6 Å². The van der Waals surface area contributed by atoms with Crippen molar-refractivity contribution in [1.82, 2.24) is 4.90 Å². The molecule has 1 N–H and O–H groups in total. The molecule has 22 heavy (non-hydrogen) atoms. The summed E-state index contributed by atoms with van der Waals surface area (Å²) in [6.45, 7) is 3.90. The monoisotopic (exact) mass is 312 g/mol. The number of thiophene rings is 1. The van der Waals surface area contributed by atoms with Crippen molar-refractivity contribution >= 4 is 35.3 Å². The van der Waals surface area contributed by atoms with Crippen molar-refractivity contribution in [3.05, 3.63) is 45.6 Å². The Bertz CT molecular complexity index is 745. The van der Waals surface area contributed by atoms with Crippen molar-refractivity contribution in [3.8, 4) is 6.07 Å². The van der Waals surface area contributed by atoms with Gasteiger partial charge in [-0.05, 0) is 18.3 Å². The number of rotatable bonds is 5. The first-order chi connectivity index (χ1) is 10.6. The predicted molar refractivity (Wildman–Crippen MR) is 90.0 cm³/mol. The van der Waals surface area contributed by atoms with Crippen LogP contribution in [0.4, 0.5) is 11.4 Å². The number of hydrogen-bond acceptors (Lipinski definition) is 5. The molecule has 0 spiro atoms. The van der Waals surface area contributed by atoms with Crippen molar-refractivity contribution < 1.29 is 4.79 Å². The van der Waals surface area contributed by atoms with E-state index in [9.17, 15) is 4.79 Å². The molecular weight excluding hydrogens is 296 g/mol. The third kappa shape index (κ3) is 3.00. The molecule has 0 fully saturated rings. The Morgan fingerprint density at radius 2 is 2.23 bits per heavy atom. The summed E-state index contributed by atoms with van der Waals surface area (Å²) in [4.78, 5) is 18.7. The third-order valence-electron chi connectivity index (χ3n) is 3.28. The highest BCUT2D eigenvalue weighted by molar-refractivity contribution is 7.13. The highest BCUT2D eigenvalue weighted by atomic mass is 32.1. The van der Waals surface area contributed by atoms with E-state index < -0.39 is 0 Å². The molecular formula is C16H16N4OS. The van der Waals surface area contributed by atoms with Crippen LogP contribution in [0.1, 0.15) is 20.8 Å². The second kappa shape index (κ2) is 6.87. The van der Waals surface area contributed by atoms with E-state index in [-0.39, 0.29) is 5.91 Å². The molecule has 0 aliphatic rings. The van der Waals surface area contributed by atoms with Gasteiger partial charge in [0.2, 0.25) is 0 Å². The van der Waals surface area contributed by atoms with Gasteiger partial charge in [0.05, 0.1) is 17.3 Å². The van der Waals surface area contributed by atoms with Gasteiger partial charge < -0.3 is 10.2 Å². The molecule has 1 aromatic carbocycles. The van der Waals surface area contributed by atoms with E-state index in [4.69, 9.17) is 5.26 Å². The number of anilines is 1. The SMILES string of the molecule is C=Nc1c(NC)csc1C(=O)N(C)Cc1ccccc1C#N. The highest BCUT2D eigenvalue weighted by Crippen LogP contribution is 2.35. The number of benzene rings is 1. The highest BCUT2D eigenvalue weighted by Gasteiger charge is 2.20. The number of amides is 1. The fourth-order valence-corrected chi connectivity index (χ4v) is 3.11. The van der Waals surface area contributed by atoms with Crippen LogP contribution >= 0.6 is 11.3 Å². The third-order valence-corrected chi connectivity index (χ3v) is 4.24. The van der Waals surface area contributed by atoms with Gasteiger partial charge in [-0.1, -0.05) is 18.2 Å². The zero-order chi connectivity index (χ0) is 16.1. The number of carbonyl (C=O) groups excluding carboxylic acids is 1. The Morgan fingerprint density at radius 1 is 1.50 bits per heavy atom. The van der Waals surface area contributed by atoms with E-state index in [2.05, 4.69) is 23.1 Å². The van der Waals surface area contributed by atoms with Gasteiger partial charge in [0, 0.05) is 26.0 Å². The van der Waals surface area contributed by atoms with E-state index in [1.54, 1.807) is 25.1 Å². The number of nitrogens with zero attached hydrogens (tertiary/aromatic N) is 3. The van der Waals surface area contributed by atoms with Crippen LogP contribution in [0, 0.1) is 11.3 Å². The predicted octanol–water partition coefficient (Wildman–Crippen LogP) is 3.27. The Labute approximate surface area is 133 Å². The summed E-state index contributed by atoms with van der Waals surface area (Å²) in [7, 11) is 3.49. The lowest BCUT2D eigenvalue weighted by atomic mass is 10.1. The van der Waals surface area contributed by atoms with Crippen LogP contribution in [0.2, 0.25) is 0 Å². The lowest BCUT2D eigenvalue weighted by molar-refractivity contribution is 0.0790. The van der Waals surface area contributed by atoms with Crippen molar-refractivity contribution in [2.24, 2.45) is 4.99 Å². The number of carbonyl (C=O) groups is 1. The topological polar surface area (TPSA) is 68.5 Å². The lowest BCUT2D eigenvalue weighted by Gasteiger charge is -2.17. The van der Waals surface area contributed by atoms with Crippen molar-refractivity contribution in [2.45, 2.75) is 6.54 Å². The molecule has 0 bridgehead atoms. The number of nitrogens with one attached hydrogen (secondary N) is 1. The summed E-state index contributed by atoms with van der Waals surface area (Å²) in [5, 5.41) is 14.0. The van der Waals surface area contributed by atoms with Gasteiger partial charge in [0.25, 0.3) is 5.91 Å². The van der Waals surface area contributed by atoms with Crippen LogP contribution in [0.15, 0.2) is 34.6 Å². The summed E-state index contributed by atoms with van der Waals surface area (Å²) < 4.78 is 0. The lowest BCUT2D eigenvalue weighted by Crippen LogP contribution is -2.26. The minimum absolute atomic E-state index is 0.137. The molecule has 0 saturated heterocycles. The second-order valence-corrected chi connectivity index (χ2v) is 5.55. The molecule has 0 saturated carbocycles. The summed E-state index contributed by atoms with van der Waals surface area (Å²) in [5.74, 6) is -0.137. The fraction of sp³-hybridized carbons (Fsp3) is 0.188. The van der Waals surface area contributed by atoms with Gasteiger partial charge in [-0.2, -0.15) is 5.26 Å². The number of aliphatic imine (C=N–C) groups is 1. The minimum Gasteiger partial charge on any atom is -0.386 e. The molecule has 5 nitrogen and oxygen atoms in total. The largest absolute Gasteiger partial charge is 0.386 e. The van der Waals surface area contributed by atoms with Crippen molar-refractivity contribution in [3.63, 3.8) is 0 Å². The van der Waals surface area contributed by atoms with Crippen LogP contribution in [-0.4, -0.2) is 31.6 Å². The molecule has 0 aliphatic heterocycles. The molecule has 6 heteroatoms. The second-order valence-electron chi connectivity index (χ2n) is 4.67. The smallest absolute Gasteiger partial charge is 0.266 e. The van der Waals surface area contributed by atoms with E-state index in [0.29, 0.717) is 22.7 Å². The maximum Gasteiger partial charge on any atom is 0.266 e. The molecule has 2 aromatic rings. The Hall–Kier alpha value is -2.65. The Balaban J connectivity index is 2.25. The van der Waals surface area contributed by atoms with Gasteiger partial charge in [-0.15, -0.1) is 11.3 Å². The minimum atomic E-state index is -0.137. The van der Waals surface area contributed by atoms with Gasteiger partial charge in [-0.25, -0.2) is 0 Å². The van der Waals surface area contributed by atoms with E-state index in [1.165, 1.54) is 11.3 Å².